The zero-order valence-corrected chi connectivity index (χ0v) is 17.4. The highest BCUT2D eigenvalue weighted by Gasteiger charge is 2.40. The molecule has 0 bridgehead atoms. The number of nitrogens with one attached hydrogen (secondary N) is 1. The van der Waals surface area contributed by atoms with Gasteiger partial charge in [0.25, 0.3) is 0 Å². The van der Waals surface area contributed by atoms with Crippen LogP contribution >= 0.6 is 15.9 Å². The molecule has 144 valence electrons. The number of aliphatic hydroxyl groups excluding tert-OH is 1. The van der Waals surface area contributed by atoms with Crippen LogP contribution in [0.1, 0.15) is 32.6 Å². The van der Waals surface area contributed by atoms with Crippen LogP contribution in [0.25, 0.3) is 11.0 Å². The number of pyridine rings is 1. The van der Waals surface area contributed by atoms with Crippen LogP contribution in [0.3, 0.4) is 0 Å². The van der Waals surface area contributed by atoms with Crippen LogP contribution in [0.4, 0.5) is 5.69 Å². The highest BCUT2D eigenvalue weighted by molar-refractivity contribution is 9.11. The summed E-state index contributed by atoms with van der Waals surface area (Å²) in [5.74, 6) is 0. The summed E-state index contributed by atoms with van der Waals surface area (Å²) in [7, 11) is -3.70. The highest BCUT2D eigenvalue weighted by atomic mass is 79.9. The van der Waals surface area contributed by atoms with Gasteiger partial charge in [-0.15, -0.1) is 0 Å². The number of hydrogen-bond donors (Lipinski definition) is 2. The summed E-state index contributed by atoms with van der Waals surface area (Å²) in [6, 6.07) is 3.82. The topological polar surface area (TPSA) is 84.2 Å². The van der Waals surface area contributed by atoms with Crippen LogP contribution in [-0.2, 0) is 10.0 Å². The number of rotatable bonds is 4. The Morgan fingerprint density at radius 2 is 2.19 bits per heavy atom. The van der Waals surface area contributed by atoms with Crippen molar-refractivity contribution in [3.8, 4) is 0 Å². The second-order valence-corrected chi connectivity index (χ2v) is 10.7. The van der Waals surface area contributed by atoms with Gasteiger partial charge in [-0.05, 0) is 50.8 Å². The monoisotopic (exact) mass is 451 g/mol. The molecule has 1 unspecified atom stereocenters. The van der Waals surface area contributed by atoms with Gasteiger partial charge in [-0.25, -0.2) is 17.4 Å². The molecule has 2 aliphatic rings. The van der Waals surface area contributed by atoms with Crippen molar-refractivity contribution in [2.75, 3.05) is 5.32 Å². The second-order valence-electron chi connectivity index (χ2n) is 7.47. The molecule has 0 saturated heterocycles. The molecule has 2 aromatic heterocycles. The lowest BCUT2D eigenvalue weighted by molar-refractivity contribution is 0.182. The molecule has 2 N–H and O–H groups in total. The fourth-order valence-corrected chi connectivity index (χ4v) is 6.32. The van der Waals surface area contributed by atoms with Crippen molar-refractivity contribution in [1.29, 1.82) is 0 Å². The number of fused-ring (bicyclic) bond motifs is 1. The van der Waals surface area contributed by atoms with Crippen LogP contribution in [-0.4, -0.2) is 39.4 Å². The van der Waals surface area contributed by atoms with Gasteiger partial charge in [0.05, 0.1) is 6.10 Å². The van der Waals surface area contributed by atoms with E-state index in [4.69, 9.17) is 0 Å². The van der Waals surface area contributed by atoms with Crippen molar-refractivity contribution in [2.24, 2.45) is 0 Å². The molecule has 0 spiro atoms. The van der Waals surface area contributed by atoms with Gasteiger partial charge in [-0.3, -0.25) is 0 Å². The Balaban J connectivity index is 1.74. The van der Waals surface area contributed by atoms with E-state index in [-0.39, 0.29) is 12.1 Å². The third kappa shape index (κ3) is 3.23. The lowest BCUT2D eigenvalue weighted by Gasteiger charge is -2.27. The van der Waals surface area contributed by atoms with Crippen LogP contribution in [0.5, 0.6) is 0 Å². The van der Waals surface area contributed by atoms with Crippen molar-refractivity contribution in [1.82, 2.24) is 8.96 Å². The fourth-order valence-electron chi connectivity index (χ4n) is 3.85. The second kappa shape index (κ2) is 6.76. The number of hydrogen-bond acceptors (Lipinski definition) is 5. The predicted octanol–water partition coefficient (Wildman–Crippen LogP) is 3.54. The molecule has 0 aromatic carbocycles. The molecule has 4 rings (SSSR count). The van der Waals surface area contributed by atoms with Crippen LogP contribution in [0, 0.1) is 0 Å². The van der Waals surface area contributed by atoms with E-state index in [0.29, 0.717) is 18.5 Å². The first-order chi connectivity index (χ1) is 12.8. The molecule has 0 amide bonds. The standard InChI is InChI=1S/C19H22BrN3O3S/c1-19(8-2-3-13(20)12-19)27(25,26)23-10-7-16-17(6-9-21-18(16)23)22-14-4-5-15(24)11-14/h2-3,6-7,9-10,12,14-15,24H,4-5,8,11H2,1H3,(H,21,22)/t14-,15+,19?/m1/s1. The Morgan fingerprint density at radius 3 is 2.89 bits per heavy atom. The number of aliphatic hydroxyl groups is 1. The first-order valence-corrected chi connectivity index (χ1v) is 11.2. The SMILES string of the molecule is CC1(S(=O)(=O)n2ccc3c(N[C@@H]4CC[C@H](O)C4)ccnc32)C=C(Br)C=CC1. The summed E-state index contributed by atoms with van der Waals surface area (Å²) in [6.07, 6.45) is 11.2. The zero-order chi connectivity index (χ0) is 19.2. The highest BCUT2D eigenvalue weighted by Crippen LogP contribution is 2.35. The molecule has 2 aliphatic carbocycles. The molecule has 2 heterocycles. The van der Waals surface area contributed by atoms with Crippen LogP contribution in [0.15, 0.2) is 47.2 Å². The maximum Gasteiger partial charge on any atom is 0.249 e. The predicted molar refractivity (Wildman–Crippen MR) is 110 cm³/mol. The molecule has 27 heavy (non-hydrogen) atoms. The number of halogens is 1. The Kier molecular flexibility index (Phi) is 4.68. The Morgan fingerprint density at radius 1 is 1.37 bits per heavy atom. The van der Waals surface area contributed by atoms with E-state index < -0.39 is 14.8 Å². The molecule has 6 nitrogen and oxygen atoms in total. The van der Waals surface area contributed by atoms with Gasteiger partial charge in [-0.1, -0.05) is 28.1 Å². The summed E-state index contributed by atoms with van der Waals surface area (Å²) in [4.78, 5) is 4.35. The van der Waals surface area contributed by atoms with Crippen molar-refractivity contribution in [3.05, 3.63) is 47.2 Å². The van der Waals surface area contributed by atoms with E-state index >= 15 is 0 Å². The molecule has 0 aliphatic heterocycles. The molecule has 1 saturated carbocycles. The summed E-state index contributed by atoms with van der Waals surface area (Å²) >= 11 is 3.39. The van der Waals surface area contributed by atoms with Crippen molar-refractivity contribution in [3.63, 3.8) is 0 Å². The van der Waals surface area contributed by atoms with Crippen molar-refractivity contribution in [2.45, 2.75) is 49.5 Å². The lowest BCUT2D eigenvalue weighted by atomic mass is 10.0. The smallest absolute Gasteiger partial charge is 0.249 e. The number of aromatic nitrogens is 2. The minimum absolute atomic E-state index is 0.186. The third-order valence-electron chi connectivity index (χ3n) is 5.41. The molecule has 0 radical (unpaired) electrons. The largest absolute Gasteiger partial charge is 0.393 e. The first-order valence-electron chi connectivity index (χ1n) is 9.01. The zero-order valence-electron chi connectivity index (χ0n) is 15.0. The van der Waals surface area contributed by atoms with Gasteiger partial charge in [0.15, 0.2) is 5.65 Å². The van der Waals surface area contributed by atoms with E-state index in [0.717, 1.165) is 28.4 Å². The Bertz CT molecular complexity index is 1040. The fraction of sp³-hybridized carbons (Fsp3) is 0.421. The van der Waals surface area contributed by atoms with Crippen LogP contribution in [0.2, 0.25) is 0 Å². The summed E-state index contributed by atoms with van der Waals surface area (Å²) in [5.41, 5.74) is 1.26. The molecular formula is C19H22BrN3O3S. The summed E-state index contributed by atoms with van der Waals surface area (Å²) in [6.45, 7) is 1.72. The van der Waals surface area contributed by atoms with E-state index in [1.54, 1.807) is 31.5 Å². The van der Waals surface area contributed by atoms with Crippen LogP contribution < -0.4 is 5.32 Å². The minimum Gasteiger partial charge on any atom is -0.393 e. The summed E-state index contributed by atoms with van der Waals surface area (Å²) < 4.78 is 27.8. The number of anilines is 1. The molecule has 3 atom stereocenters. The van der Waals surface area contributed by atoms with Gasteiger partial charge in [0.1, 0.15) is 4.75 Å². The van der Waals surface area contributed by atoms with Gasteiger partial charge < -0.3 is 10.4 Å². The normalized spacial score (nSPS) is 28.5. The van der Waals surface area contributed by atoms with Gasteiger partial charge >= 0.3 is 0 Å². The lowest BCUT2D eigenvalue weighted by Crippen LogP contribution is -2.38. The van der Waals surface area contributed by atoms with Crippen molar-refractivity contribution < 1.29 is 13.5 Å². The van der Waals surface area contributed by atoms with E-state index in [9.17, 15) is 13.5 Å². The quantitative estimate of drug-likeness (QED) is 0.742. The van der Waals surface area contributed by atoms with E-state index in [1.807, 2.05) is 18.2 Å². The van der Waals surface area contributed by atoms with Gasteiger partial charge in [-0.2, -0.15) is 0 Å². The van der Waals surface area contributed by atoms with Crippen molar-refractivity contribution >= 4 is 42.7 Å². The molecule has 1 fully saturated rings. The number of nitrogens with zero attached hydrogens (tertiary/aromatic N) is 2. The molecular weight excluding hydrogens is 430 g/mol. The summed E-state index contributed by atoms with van der Waals surface area (Å²) in [5, 5.41) is 13.9. The van der Waals surface area contributed by atoms with Gasteiger partial charge in [0.2, 0.25) is 10.0 Å². The molecule has 8 heteroatoms. The number of allylic oxidation sites excluding steroid dienone is 3. The van der Waals surface area contributed by atoms with E-state index in [2.05, 4.69) is 26.2 Å². The first kappa shape index (κ1) is 18.7. The maximum absolute atomic E-state index is 13.4. The Labute approximate surface area is 167 Å². The van der Waals surface area contributed by atoms with Gasteiger partial charge in [0, 0.05) is 34.0 Å². The average molecular weight is 452 g/mol. The molecule has 2 aromatic rings. The Hall–Kier alpha value is -1.64. The third-order valence-corrected chi connectivity index (χ3v) is 8.18. The maximum atomic E-state index is 13.4. The van der Waals surface area contributed by atoms with E-state index in [1.165, 1.54) is 3.97 Å². The minimum atomic E-state index is -3.70. The average Bonchev–Trinajstić information content (AvgIpc) is 3.21.